The van der Waals surface area contributed by atoms with Crippen LogP contribution in [0.5, 0.6) is 0 Å². The minimum absolute atomic E-state index is 0.0221. The lowest BCUT2D eigenvalue weighted by atomic mass is 9.77. The monoisotopic (exact) mass is 250 g/mol. The largest absolute Gasteiger partial charge is 0.390 e. The van der Waals surface area contributed by atoms with Crippen molar-refractivity contribution in [2.75, 3.05) is 0 Å². The summed E-state index contributed by atoms with van der Waals surface area (Å²) >= 11 is 0. The van der Waals surface area contributed by atoms with Crippen LogP contribution in [0.2, 0.25) is 0 Å². The van der Waals surface area contributed by atoms with Crippen molar-refractivity contribution in [3.05, 3.63) is 22.8 Å². The van der Waals surface area contributed by atoms with Gasteiger partial charge in [-0.15, -0.1) is 0 Å². The number of ketones is 1. The van der Waals surface area contributed by atoms with E-state index in [1.807, 2.05) is 13.8 Å². The van der Waals surface area contributed by atoms with Crippen molar-refractivity contribution in [1.82, 2.24) is 0 Å². The molecule has 3 nitrogen and oxygen atoms in total. The van der Waals surface area contributed by atoms with Gasteiger partial charge in [-0.2, -0.15) is 0 Å². The maximum Gasteiger partial charge on any atom is 0.181 e. The minimum Gasteiger partial charge on any atom is -0.390 e. The van der Waals surface area contributed by atoms with Crippen LogP contribution in [0.25, 0.3) is 0 Å². The van der Waals surface area contributed by atoms with Crippen molar-refractivity contribution in [2.24, 2.45) is 5.92 Å². The summed E-state index contributed by atoms with van der Waals surface area (Å²) in [5.41, 5.74) is 0.450. The molecule has 2 N–H and O–H groups in total. The first kappa shape index (κ1) is 13.5. The summed E-state index contributed by atoms with van der Waals surface area (Å²) < 4.78 is 0. The highest BCUT2D eigenvalue weighted by Crippen LogP contribution is 2.51. The molecule has 0 spiro atoms. The van der Waals surface area contributed by atoms with Gasteiger partial charge < -0.3 is 10.2 Å². The van der Waals surface area contributed by atoms with Crippen LogP contribution >= 0.6 is 0 Å². The Morgan fingerprint density at radius 1 is 1.33 bits per heavy atom. The molecule has 0 amide bonds. The molecule has 0 aromatic heterocycles. The molecule has 0 aliphatic heterocycles. The fraction of sp³-hybridized carbons (Fsp3) is 0.667. The summed E-state index contributed by atoms with van der Waals surface area (Å²) in [6.07, 6.45) is 3.10. The van der Waals surface area contributed by atoms with Crippen LogP contribution in [-0.4, -0.2) is 27.2 Å². The molecule has 1 fully saturated rings. The van der Waals surface area contributed by atoms with Crippen molar-refractivity contribution in [2.45, 2.75) is 58.2 Å². The number of allylic oxidation sites excluding steroid dienone is 3. The third-order valence-electron chi connectivity index (χ3n) is 4.68. The molecule has 3 atom stereocenters. The maximum atomic E-state index is 12.1. The number of carbonyl (C=O) groups excluding carboxylic acids is 1. The van der Waals surface area contributed by atoms with Gasteiger partial charge in [0.15, 0.2) is 5.78 Å². The molecule has 0 bridgehead atoms. The van der Waals surface area contributed by atoms with Crippen molar-refractivity contribution in [3.63, 3.8) is 0 Å². The standard InChI is InChI=1S/C15H22O3/c1-9(2)11-8-13-14(4,17)5-6-15(13,18)10(3)7-12(11)16/h7,13,17-18H,5-6,8H2,1-4H3/t13-,14-,15-/m1/s1. The Morgan fingerprint density at radius 2 is 1.94 bits per heavy atom. The zero-order valence-corrected chi connectivity index (χ0v) is 11.6. The van der Waals surface area contributed by atoms with E-state index in [4.69, 9.17) is 0 Å². The Morgan fingerprint density at radius 3 is 2.50 bits per heavy atom. The van der Waals surface area contributed by atoms with E-state index in [1.165, 1.54) is 0 Å². The fourth-order valence-corrected chi connectivity index (χ4v) is 3.33. The first-order valence-electron chi connectivity index (χ1n) is 6.52. The molecule has 2 rings (SSSR count). The molecular weight excluding hydrogens is 228 g/mol. The number of rotatable bonds is 0. The predicted octanol–water partition coefficient (Wildman–Crippen LogP) is 2.13. The molecule has 18 heavy (non-hydrogen) atoms. The number of carbonyl (C=O) groups is 1. The van der Waals surface area contributed by atoms with E-state index in [0.29, 0.717) is 24.8 Å². The summed E-state index contributed by atoms with van der Waals surface area (Å²) in [4.78, 5) is 12.1. The maximum absolute atomic E-state index is 12.1. The van der Waals surface area contributed by atoms with Crippen LogP contribution in [0.1, 0.15) is 47.0 Å². The molecule has 3 heteroatoms. The van der Waals surface area contributed by atoms with E-state index < -0.39 is 11.2 Å². The van der Waals surface area contributed by atoms with Gasteiger partial charge in [0.05, 0.1) is 11.2 Å². The predicted molar refractivity (Wildman–Crippen MR) is 70.1 cm³/mol. The molecule has 0 saturated heterocycles. The van der Waals surface area contributed by atoms with E-state index in [0.717, 1.165) is 11.1 Å². The summed E-state index contributed by atoms with van der Waals surface area (Å²) in [7, 11) is 0. The van der Waals surface area contributed by atoms with Gasteiger partial charge in [-0.1, -0.05) is 5.57 Å². The molecule has 0 heterocycles. The molecule has 2 aliphatic carbocycles. The molecule has 0 aromatic rings. The quantitative estimate of drug-likeness (QED) is 0.648. The van der Waals surface area contributed by atoms with Gasteiger partial charge in [-0.05, 0) is 64.2 Å². The lowest BCUT2D eigenvalue weighted by Crippen LogP contribution is -2.42. The van der Waals surface area contributed by atoms with Gasteiger partial charge in [0.1, 0.15) is 0 Å². The average Bonchev–Trinajstić information content (AvgIpc) is 2.41. The third-order valence-corrected chi connectivity index (χ3v) is 4.68. The summed E-state index contributed by atoms with van der Waals surface area (Å²) in [5, 5.41) is 21.3. The van der Waals surface area contributed by atoms with Crippen molar-refractivity contribution in [1.29, 1.82) is 0 Å². The van der Waals surface area contributed by atoms with Crippen molar-refractivity contribution >= 4 is 5.78 Å². The number of aliphatic hydroxyl groups is 2. The Kier molecular flexibility index (Phi) is 3.03. The number of hydrogen-bond acceptors (Lipinski definition) is 3. The van der Waals surface area contributed by atoms with Crippen LogP contribution < -0.4 is 0 Å². The zero-order chi connectivity index (χ0) is 13.7. The Balaban J connectivity index is 2.56. The van der Waals surface area contributed by atoms with Gasteiger partial charge in [0, 0.05) is 5.92 Å². The molecule has 0 aromatic carbocycles. The Bertz CT molecular complexity index is 452. The second-order valence-electron chi connectivity index (χ2n) is 6.21. The average molecular weight is 250 g/mol. The second-order valence-corrected chi connectivity index (χ2v) is 6.21. The SMILES string of the molecule is CC1=CC(=O)C(=C(C)C)C[C@H]2[C@@]1(O)CC[C@@]2(C)O. The van der Waals surface area contributed by atoms with E-state index in [9.17, 15) is 15.0 Å². The van der Waals surface area contributed by atoms with Crippen LogP contribution in [0.15, 0.2) is 22.8 Å². The molecule has 0 radical (unpaired) electrons. The van der Waals surface area contributed by atoms with Gasteiger partial charge >= 0.3 is 0 Å². The fourth-order valence-electron chi connectivity index (χ4n) is 3.33. The smallest absolute Gasteiger partial charge is 0.181 e. The third kappa shape index (κ3) is 1.86. The van der Waals surface area contributed by atoms with E-state index in [2.05, 4.69) is 0 Å². The first-order chi connectivity index (χ1) is 8.18. The summed E-state index contributed by atoms with van der Waals surface area (Å²) in [5.74, 6) is -0.316. The van der Waals surface area contributed by atoms with Crippen LogP contribution in [0.4, 0.5) is 0 Å². The highest BCUT2D eigenvalue weighted by Gasteiger charge is 2.55. The zero-order valence-electron chi connectivity index (χ0n) is 11.6. The molecule has 100 valence electrons. The van der Waals surface area contributed by atoms with Crippen LogP contribution in [0, 0.1) is 5.92 Å². The Labute approximate surface area is 108 Å². The van der Waals surface area contributed by atoms with Gasteiger partial charge in [-0.3, -0.25) is 4.79 Å². The van der Waals surface area contributed by atoms with Gasteiger partial charge in [0.2, 0.25) is 0 Å². The number of hydrogen-bond donors (Lipinski definition) is 2. The topological polar surface area (TPSA) is 57.5 Å². The van der Waals surface area contributed by atoms with E-state index in [-0.39, 0.29) is 11.7 Å². The molecule has 1 saturated carbocycles. The lowest BCUT2D eigenvalue weighted by molar-refractivity contribution is -0.111. The minimum atomic E-state index is -1.03. The van der Waals surface area contributed by atoms with Gasteiger partial charge in [0.25, 0.3) is 0 Å². The number of fused-ring (bicyclic) bond motifs is 1. The first-order valence-corrected chi connectivity index (χ1v) is 6.52. The normalized spacial score (nSPS) is 40.3. The van der Waals surface area contributed by atoms with E-state index >= 15 is 0 Å². The second kappa shape index (κ2) is 4.04. The lowest BCUT2D eigenvalue weighted by Gasteiger charge is -2.35. The van der Waals surface area contributed by atoms with Gasteiger partial charge in [-0.25, -0.2) is 0 Å². The molecule has 0 unspecified atom stereocenters. The molecular formula is C15H22O3. The summed E-state index contributed by atoms with van der Waals surface area (Å²) in [6, 6.07) is 0. The highest BCUT2D eigenvalue weighted by molar-refractivity contribution is 6.05. The van der Waals surface area contributed by atoms with Crippen molar-refractivity contribution < 1.29 is 15.0 Å². The summed E-state index contributed by atoms with van der Waals surface area (Å²) in [6.45, 7) is 7.37. The Hall–Kier alpha value is -0.930. The van der Waals surface area contributed by atoms with Crippen molar-refractivity contribution in [3.8, 4) is 0 Å². The highest BCUT2D eigenvalue weighted by atomic mass is 16.3. The van der Waals surface area contributed by atoms with Crippen LogP contribution in [0.3, 0.4) is 0 Å². The molecule has 2 aliphatic rings. The van der Waals surface area contributed by atoms with Crippen LogP contribution in [-0.2, 0) is 4.79 Å². The van der Waals surface area contributed by atoms with E-state index in [1.54, 1.807) is 19.9 Å².